The molecule has 2 aromatic carbocycles. The largest absolute Gasteiger partial charge is 0.493 e. The van der Waals surface area contributed by atoms with Crippen molar-refractivity contribution in [1.29, 1.82) is 0 Å². The zero-order valence-corrected chi connectivity index (χ0v) is 21.7. The SMILES string of the molecule is CCOC(=O)c1c(NC(=O)C(=O)N/N=C/c2ccc(OCc3ccc(F)cc3)c(OC)c2)sc2c1CCC2. The first kappa shape index (κ1) is 26.8. The molecule has 0 unspecified atom stereocenters. The van der Waals surface area contributed by atoms with E-state index in [4.69, 9.17) is 14.2 Å². The highest BCUT2D eigenvalue weighted by molar-refractivity contribution is 7.17. The van der Waals surface area contributed by atoms with E-state index in [-0.39, 0.29) is 19.0 Å². The average Bonchev–Trinajstić information content (AvgIpc) is 3.49. The van der Waals surface area contributed by atoms with Crippen molar-refractivity contribution in [2.24, 2.45) is 5.10 Å². The van der Waals surface area contributed by atoms with Crippen molar-refractivity contribution in [3.8, 4) is 11.5 Å². The number of carbonyl (C=O) groups excluding carboxylic acids is 3. The van der Waals surface area contributed by atoms with E-state index in [2.05, 4.69) is 15.8 Å². The number of nitrogens with one attached hydrogen (secondary N) is 2. The number of anilines is 1. The molecule has 0 fully saturated rings. The predicted octanol–water partition coefficient (Wildman–Crippen LogP) is 4.23. The summed E-state index contributed by atoms with van der Waals surface area (Å²) < 4.78 is 29.3. The fourth-order valence-corrected chi connectivity index (χ4v) is 5.19. The van der Waals surface area contributed by atoms with E-state index < -0.39 is 17.8 Å². The van der Waals surface area contributed by atoms with Gasteiger partial charge in [0.1, 0.15) is 17.4 Å². The fraction of sp³-hybridized carbons (Fsp3) is 0.259. The lowest BCUT2D eigenvalue weighted by Gasteiger charge is -2.11. The Bertz CT molecular complexity index is 1370. The second kappa shape index (κ2) is 12.3. The highest BCUT2D eigenvalue weighted by atomic mass is 32.1. The average molecular weight is 540 g/mol. The molecular formula is C27H26FN3O6S. The van der Waals surface area contributed by atoms with Crippen LogP contribution in [0.3, 0.4) is 0 Å². The van der Waals surface area contributed by atoms with Gasteiger partial charge < -0.3 is 19.5 Å². The molecule has 0 saturated heterocycles. The Hall–Kier alpha value is -4.25. The maximum Gasteiger partial charge on any atom is 0.341 e. The number of aryl methyl sites for hydroxylation is 1. The summed E-state index contributed by atoms with van der Waals surface area (Å²) >= 11 is 1.28. The summed E-state index contributed by atoms with van der Waals surface area (Å²) in [5.74, 6) is -1.88. The number of thiophene rings is 1. The lowest BCUT2D eigenvalue weighted by atomic mass is 10.1. The minimum atomic E-state index is -0.990. The number of esters is 1. The summed E-state index contributed by atoms with van der Waals surface area (Å²) in [6.45, 7) is 2.14. The number of fused-ring (bicyclic) bond motifs is 1. The summed E-state index contributed by atoms with van der Waals surface area (Å²) in [7, 11) is 1.48. The first-order chi connectivity index (χ1) is 18.4. The standard InChI is InChI=1S/C27H26FN3O6S/c1-3-36-27(34)23-19-5-4-6-22(19)38-26(23)30-24(32)25(33)31-29-14-17-9-12-20(21(13-17)35-2)37-15-16-7-10-18(28)11-8-16/h7-14H,3-6,15H2,1-2H3,(H,30,32)(H,31,33)/b29-14+. The molecule has 38 heavy (non-hydrogen) atoms. The number of hydrogen-bond acceptors (Lipinski definition) is 8. The maximum atomic E-state index is 13.1. The number of methoxy groups -OCH3 is 1. The molecule has 1 aliphatic rings. The lowest BCUT2D eigenvalue weighted by molar-refractivity contribution is -0.136. The quantitative estimate of drug-likeness (QED) is 0.182. The van der Waals surface area contributed by atoms with Gasteiger partial charge >= 0.3 is 17.8 Å². The van der Waals surface area contributed by atoms with Crippen LogP contribution in [-0.4, -0.2) is 37.7 Å². The molecule has 0 bridgehead atoms. The van der Waals surface area contributed by atoms with Crippen LogP contribution >= 0.6 is 11.3 Å². The molecule has 3 aromatic rings. The van der Waals surface area contributed by atoms with Crippen LogP contribution in [0.4, 0.5) is 9.39 Å². The van der Waals surface area contributed by atoms with Gasteiger partial charge in [-0.05, 0) is 73.2 Å². The minimum Gasteiger partial charge on any atom is -0.493 e. The van der Waals surface area contributed by atoms with E-state index in [1.165, 1.54) is 36.8 Å². The van der Waals surface area contributed by atoms with Crippen molar-refractivity contribution >= 4 is 40.3 Å². The van der Waals surface area contributed by atoms with E-state index in [1.54, 1.807) is 37.3 Å². The Kier molecular flexibility index (Phi) is 8.70. The molecule has 0 spiro atoms. The van der Waals surface area contributed by atoms with Crippen LogP contribution in [0.2, 0.25) is 0 Å². The molecule has 2 amide bonds. The first-order valence-corrected chi connectivity index (χ1v) is 12.7. The van der Waals surface area contributed by atoms with Crippen LogP contribution in [0, 0.1) is 5.82 Å². The third-order valence-electron chi connectivity index (χ3n) is 5.71. The van der Waals surface area contributed by atoms with Gasteiger partial charge in [0.05, 0.1) is 25.5 Å². The molecule has 2 N–H and O–H groups in total. The molecular weight excluding hydrogens is 513 g/mol. The number of hydrazone groups is 1. The Labute approximate surface area is 222 Å². The Morgan fingerprint density at radius 2 is 1.87 bits per heavy atom. The van der Waals surface area contributed by atoms with Crippen LogP contribution in [0.15, 0.2) is 47.6 Å². The highest BCUT2D eigenvalue weighted by Gasteiger charge is 2.29. The smallest absolute Gasteiger partial charge is 0.341 e. The Morgan fingerprint density at radius 1 is 1.08 bits per heavy atom. The number of carbonyl (C=O) groups is 3. The van der Waals surface area contributed by atoms with E-state index in [0.29, 0.717) is 27.6 Å². The third kappa shape index (κ3) is 6.35. The van der Waals surface area contributed by atoms with Crippen molar-refractivity contribution < 1.29 is 33.0 Å². The van der Waals surface area contributed by atoms with Crippen LogP contribution < -0.4 is 20.2 Å². The molecule has 0 atom stereocenters. The molecule has 9 nitrogen and oxygen atoms in total. The predicted molar refractivity (Wildman–Crippen MR) is 140 cm³/mol. The topological polar surface area (TPSA) is 115 Å². The summed E-state index contributed by atoms with van der Waals surface area (Å²) in [5.41, 5.74) is 4.75. The molecule has 0 aliphatic heterocycles. The van der Waals surface area contributed by atoms with Gasteiger partial charge in [0.15, 0.2) is 11.5 Å². The van der Waals surface area contributed by atoms with E-state index >= 15 is 0 Å². The van der Waals surface area contributed by atoms with Crippen LogP contribution in [0.25, 0.3) is 0 Å². The van der Waals surface area contributed by atoms with Crippen molar-refractivity contribution in [3.05, 3.63) is 75.4 Å². The lowest BCUT2D eigenvalue weighted by Crippen LogP contribution is -2.32. The zero-order chi connectivity index (χ0) is 27.1. The number of rotatable bonds is 9. The fourth-order valence-electron chi connectivity index (χ4n) is 3.91. The van der Waals surface area contributed by atoms with E-state index in [1.807, 2.05) is 0 Å². The molecule has 1 heterocycles. The normalized spacial score (nSPS) is 12.2. The van der Waals surface area contributed by atoms with Gasteiger partial charge in [-0.1, -0.05) is 12.1 Å². The second-order valence-electron chi connectivity index (χ2n) is 8.26. The molecule has 0 saturated carbocycles. The molecule has 11 heteroatoms. The highest BCUT2D eigenvalue weighted by Crippen LogP contribution is 2.39. The summed E-state index contributed by atoms with van der Waals surface area (Å²) in [6.07, 6.45) is 3.83. The van der Waals surface area contributed by atoms with Gasteiger partial charge in [-0.25, -0.2) is 14.6 Å². The summed E-state index contributed by atoms with van der Waals surface area (Å²) in [4.78, 5) is 38.2. The maximum absolute atomic E-state index is 13.1. The molecule has 1 aromatic heterocycles. The molecule has 198 valence electrons. The van der Waals surface area contributed by atoms with Crippen molar-refractivity contribution in [2.45, 2.75) is 32.8 Å². The Balaban J connectivity index is 1.35. The molecule has 4 rings (SSSR count). The van der Waals surface area contributed by atoms with Crippen molar-refractivity contribution in [1.82, 2.24) is 5.43 Å². The number of nitrogens with zero attached hydrogens (tertiary/aromatic N) is 1. The monoisotopic (exact) mass is 539 g/mol. The van der Waals surface area contributed by atoms with Gasteiger partial charge in [0.2, 0.25) is 0 Å². The third-order valence-corrected chi connectivity index (χ3v) is 6.92. The van der Waals surface area contributed by atoms with Crippen LogP contribution in [-0.2, 0) is 33.8 Å². The van der Waals surface area contributed by atoms with Gasteiger partial charge in [-0.15, -0.1) is 11.3 Å². The van der Waals surface area contributed by atoms with Gasteiger partial charge in [0.25, 0.3) is 0 Å². The van der Waals surface area contributed by atoms with Crippen molar-refractivity contribution in [2.75, 3.05) is 19.0 Å². The summed E-state index contributed by atoms with van der Waals surface area (Å²) in [6, 6.07) is 11.0. The Morgan fingerprint density at radius 3 is 2.61 bits per heavy atom. The first-order valence-electron chi connectivity index (χ1n) is 11.9. The van der Waals surface area contributed by atoms with E-state index in [9.17, 15) is 18.8 Å². The van der Waals surface area contributed by atoms with E-state index in [0.717, 1.165) is 35.3 Å². The number of hydrogen-bond donors (Lipinski definition) is 2. The van der Waals surface area contributed by atoms with Crippen LogP contribution in [0.5, 0.6) is 11.5 Å². The second-order valence-corrected chi connectivity index (χ2v) is 9.37. The number of benzene rings is 2. The van der Waals surface area contributed by atoms with Crippen molar-refractivity contribution in [3.63, 3.8) is 0 Å². The minimum absolute atomic E-state index is 0.207. The number of amides is 2. The zero-order valence-electron chi connectivity index (χ0n) is 20.8. The molecule has 1 aliphatic carbocycles. The van der Waals surface area contributed by atoms with Gasteiger partial charge in [0, 0.05) is 4.88 Å². The van der Waals surface area contributed by atoms with Gasteiger partial charge in [-0.3, -0.25) is 9.59 Å². The summed E-state index contributed by atoms with van der Waals surface area (Å²) in [5, 5.41) is 6.67. The number of ether oxygens (including phenoxy) is 3. The van der Waals surface area contributed by atoms with Gasteiger partial charge in [-0.2, -0.15) is 5.10 Å². The molecule has 0 radical (unpaired) electrons. The van der Waals surface area contributed by atoms with Crippen LogP contribution in [0.1, 0.15) is 45.3 Å². The number of halogens is 1.